The summed E-state index contributed by atoms with van der Waals surface area (Å²) in [4.78, 5) is 21.6. The van der Waals surface area contributed by atoms with Gasteiger partial charge in [0.05, 0.1) is 18.1 Å². The monoisotopic (exact) mass is 388 g/mol. The standard InChI is InChI=1S/C13H20O5.2C5H6/c14-12(15)3-1-2-9(13(16)17)6-8-4-5-10-11(7-8)18-10;2*1-2-4-5-3-1/h8-11H,1-7H2,(H,14,15)(H,16,17);2*1-4H,5H2. The second kappa shape index (κ2) is 12.3. The summed E-state index contributed by atoms with van der Waals surface area (Å²) in [7, 11) is 0. The predicted molar refractivity (Wildman–Crippen MR) is 109 cm³/mol. The Balaban J connectivity index is 0.000000226. The van der Waals surface area contributed by atoms with Crippen molar-refractivity contribution in [2.75, 3.05) is 0 Å². The van der Waals surface area contributed by atoms with Crippen molar-refractivity contribution in [3.63, 3.8) is 0 Å². The molecule has 28 heavy (non-hydrogen) atoms. The molecule has 4 rings (SSSR count). The molecule has 1 saturated heterocycles. The van der Waals surface area contributed by atoms with Gasteiger partial charge >= 0.3 is 11.9 Å². The molecule has 154 valence electrons. The van der Waals surface area contributed by atoms with E-state index in [0.29, 0.717) is 37.4 Å². The van der Waals surface area contributed by atoms with E-state index in [1.165, 1.54) is 0 Å². The Kier molecular flexibility index (Phi) is 9.77. The van der Waals surface area contributed by atoms with Crippen molar-refractivity contribution in [2.45, 2.75) is 70.0 Å². The Morgan fingerprint density at radius 1 is 0.929 bits per heavy atom. The lowest BCUT2D eigenvalue weighted by Gasteiger charge is -2.22. The first-order valence-electron chi connectivity index (χ1n) is 10.3. The van der Waals surface area contributed by atoms with E-state index in [0.717, 1.165) is 32.1 Å². The van der Waals surface area contributed by atoms with Crippen LogP contribution in [0.3, 0.4) is 0 Å². The van der Waals surface area contributed by atoms with Crippen molar-refractivity contribution in [3.05, 3.63) is 48.6 Å². The SMILES string of the molecule is C1=CCC=C1.C1=CCC=C1.O=C(O)CCCC(CC1CCC2OC2C1)C(=O)O. The van der Waals surface area contributed by atoms with Crippen LogP contribution in [0.25, 0.3) is 0 Å². The summed E-state index contributed by atoms with van der Waals surface area (Å²) in [5.74, 6) is -1.62. The molecule has 0 aromatic heterocycles. The van der Waals surface area contributed by atoms with Crippen LogP contribution in [0.2, 0.25) is 0 Å². The average Bonchev–Trinajstić information content (AvgIpc) is 3.13. The molecule has 1 heterocycles. The third-order valence-electron chi connectivity index (χ3n) is 5.33. The molecule has 0 spiro atoms. The zero-order valence-electron chi connectivity index (χ0n) is 16.4. The highest BCUT2D eigenvalue weighted by molar-refractivity contribution is 5.70. The van der Waals surface area contributed by atoms with Crippen LogP contribution in [-0.4, -0.2) is 34.4 Å². The Labute approximate surface area is 167 Å². The van der Waals surface area contributed by atoms with Crippen LogP contribution in [0, 0.1) is 11.8 Å². The van der Waals surface area contributed by atoms with Gasteiger partial charge in [0.25, 0.3) is 0 Å². The molecule has 2 fully saturated rings. The first kappa shape index (κ1) is 22.2. The second-order valence-corrected chi connectivity index (χ2v) is 7.63. The smallest absolute Gasteiger partial charge is 0.306 e. The van der Waals surface area contributed by atoms with E-state index in [1.807, 2.05) is 0 Å². The van der Waals surface area contributed by atoms with Crippen LogP contribution in [0.1, 0.15) is 57.8 Å². The first-order chi connectivity index (χ1) is 13.6. The molecule has 5 heteroatoms. The normalized spacial score (nSPS) is 26.5. The number of allylic oxidation sites excluding steroid dienone is 8. The highest BCUT2D eigenvalue weighted by atomic mass is 16.6. The number of epoxide rings is 1. The van der Waals surface area contributed by atoms with E-state index in [4.69, 9.17) is 14.9 Å². The van der Waals surface area contributed by atoms with E-state index in [9.17, 15) is 9.59 Å². The number of rotatable bonds is 7. The molecule has 0 amide bonds. The van der Waals surface area contributed by atoms with Crippen LogP contribution >= 0.6 is 0 Å². The van der Waals surface area contributed by atoms with Crippen LogP contribution < -0.4 is 0 Å². The van der Waals surface area contributed by atoms with Crippen molar-refractivity contribution in [2.24, 2.45) is 11.8 Å². The summed E-state index contributed by atoms with van der Waals surface area (Å²) < 4.78 is 5.44. The van der Waals surface area contributed by atoms with Crippen LogP contribution in [0.4, 0.5) is 0 Å². The van der Waals surface area contributed by atoms with Gasteiger partial charge in [-0.2, -0.15) is 0 Å². The summed E-state index contributed by atoms with van der Waals surface area (Å²) in [5.41, 5.74) is 0. The average molecular weight is 389 g/mol. The van der Waals surface area contributed by atoms with E-state index in [-0.39, 0.29) is 6.42 Å². The van der Waals surface area contributed by atoms with E-state index >= 15 is 0 Å². The summed E-state index contributed by atoms with van der Waals surface area (Å²) in [6.45, 7) is 0. The highest BCUT2D eigenvalue weighted by Gasteiger charge is 2.44. The third kappa shape index (κ3) is 9.18. The van der Waals surface area contributed by atoms with Crippen LogP contribution in [-0.2, 0) is 14.3 Å². The molecule has 1 saturated carbocycles. The number of aliphatic carboxylic acids is 2. The summed E-state index contributed by atoms with van der Waals surface area (Å²) >= 11 is 0. The van der Waals surface area contributed by atoms with Crippen LogP contribution in [0.15, 0.2) is 48.6 Å². The molecule has 0 aromatic carbocycles. The van der Waals surface area contributed by atoms with Gasteiger partial charge in [-0.25, -0.2) is 0 Å². The largest absolute Gasteiger partial charge is 0.481 e. The molecule has 0 radical (unpaired) electrons. The van der Waals surface area contributed by atoms with Gasteiger partial charge in [0.15, 0.2) is 0 Å². The zero-order chi connectivity index (χ0) is 20.2. The van der Waals surface area contributed by atoms with Crippen molar-refractivity contribution in [1.82, 2.24) is 0 Å². The van der Waals surface area contributed by atoms with Crippen molar-refractivity contribution < 1.29 is 24.5 Å². The maximum atomic E-state index is 11.2. The maximum Gasteiger partial charge on any atom is 0.306 e. The fourth-order valence-electron chi connectivity index (χ4n) is 3.73. The number of ether oxygens (including phenoxy) is 1. The minimum Gasteiger partial charge on any atom is -0.481 e. The molecule has 4 atom stereocenters. The topological polar surface area (TPSA) is 87.1 Å². The van der Waals surface area contributed by atoms with Crippen LogP contribution in [0.5, 0.6) is 0 Å². The molecule has 4 unspecified atom stereocenters. The molecule has 1 aliphatic heterocycles. The lowest BCUT2D eigenvalue weighted by Crippen LogP contribution is -2.22. The van der Waals surface area contributed by atoms with E-state index in [1.54, 1.807) is 0 Å². The Hall–Kier alpha value is -2.14. The third-order valence-corrected chi connectivity index (χ3v) is 5.33. The van der Waals surface area contributed by atoms with Crippen molar-refractivity contribution >= 4 is 11.9 Å². The van der Waals surface area contributed by atoms with Gasteiger partial charge in [0, 0.05) is 6.42 Å². The highest BCUT2D eigenvalue weighted by Crippen LogP contribution is 2.42. The zero-order valence-corrected chi connectivity index (χ0v) is 16.4. The lowest BCUT2D eigenvalue weighted by molar-refractivity contribution is -0.143. The molecular formula is C23H32O5. The minimum absolute atomic E-state index is 0.0578. The van der Waals surface area contributed by atoms with Gasteiger partial charge in [-0.1, -0.05) is 48.6 Å². The molecule has 3 aliphatic carbocycles. The Morgan fingerprint density at radius 3 is 1.96 bits per heavy atom. The van der Waals surface area contributed by atoms with Gasteiger partial charge in [-0.05, 0) is 57.3 Å². The number of carboxylic acids is 2. The molecule has 5 nitrogen and oxygen atoms in total. The van der Waals surface area contributed by atoms with Gasteiger partial charge < -0.3 is 14.9 Å². The van der Waals surface area contributed by atoms with Gasteiger partial charge in [0.1, 0.15) is 0 Å². The first-order valence-corrected chi connectivity index (χ1v) is 10.3. The fourth-order valence-corrected chi connectivity index (χ4v) is 3.73. The minimum atomic E-state index is -0.856. The van der Waals surface area contributed by atoms with E-state index < -0.39 is 17.9 Å². The van der Waals surface area contributed by atoms with Gasteiger partial charge in [-0.3, -0.25) is 9.59 Å². The Morgan fingerprint density at radius 2 is 1.54 bits per heavy atom. The number of fused-ring (bicyclic) bond motifs is 1. The number of hydrogen-bond acceptors (Lipinski definition) is 3. The predicted octanol–water partition coefficient (Wildman–Crippen LogP) is 4.90. The maximum absolute atomic E-state index is 11.2. The molecule has 2 N–H and O–H groups in total. The molecule has 4 aliphatic rings. The Bertz CT molecular complexity index is 574. The van der Waals surface area contributed by atoms with Gasteiger partial charge in [-0.15, -0.1) is 0 Å². The number of carboxylic acid groups (broad SMARTS) is 2. The van der Waals surface area contributed by atoms with E-state index in [2.05, 4.69) is 48.6 Å². The second-order valence-electron chi connectivity index (χ2n) is 7.63. The number of hydrogen-bond donors (Lipinski definition) is 2. The quantitative estimate of drug-likeness (QED) is 0.605. The molecule has 0 aromatic rings. The fraction of sp³-hybridized carbons (Fsp3) is 0.565. The molecular weight excluding hydrogens is 356 g/mol. The summed E-state index contributed by atoms with van der Waals surface area (Å²) in [6, 6.07) is 0. The molecule has 0 bridgehead atoms. The van der Waals surface area contributed by atoms with Crippen molar-refractivity contribution in [1.29, 1.82) is 0 Å². The lowest BCUT2D eigenvalue weighted by atomic mass is 9.81. The van der Waals surface area contributed by atoms with Gasteiger partial charge in [0.2, 0.25) is 0 Å². The summed E-state index contributed by atoms with van der Waals surface area (Å²) in [5, 5.41) is 17.7. The number of carbonyl (C=O) groups is 2. The van der Waals surface area contributed by atoms with Crippen molar-refractivity contribution in [3.8, 4) is 0 Å². The summed E-state index contributed by atoms with van der Waals surface area (Å²) in [6.07, 6.45) is 24.5.